The van der Waals surface area contributed by atoms with Gasteiger partial charge in [-0.15, -0.1) is 0 Å². The monoisotopic (exact) mass is 649 g/mol. The number of imidazole rings is 1. The predicted octanol–water partition coefficient (Wildman–Crippen LogP) is 4.21. The van der Waals surface area contributed by atoms with Crippen molar-refractivity contribution in [2.24, 2.45) is 0 Å². The zero-order chi connectivity index (χ0) is 29.6. The number of fused-ring (bicyclic) bond motifs is 1. The third-order valence-corrected chi connectivity index (χ3v) is 8.91. The first-order valence-corrected chi connectivity index (χ1v) is 14.8. The lowest BCUT2D eigenvalue weighted by Gasteiger charge is -2.45. The molecule has 3 aromatic carbocycles. The topological polar surface area (TPSA) is 99.8 Å². The van der Waals surface area contributed by atoms with E-state index < -0.39 is 11.5 Å². The van der Waals surface area contributed by atoms with E-state index in [0.29, 0.717) is 46.1 Å². The average Bonchev–Trinajstić information content (AvgIpc) is 3.27. The summed E-state index contributed by atoms with van der Waals surface area (Å²) in [6, 6.07) is 21.9. The Morgan fingerprint density at radius 1 is 1.00 bits per heavy atom. The van der Waals surface area contributed by atoms with Crippen LogP contribution < -0.4 is 15.9 Å². The quantitative estimate of drug-likeness (QED) is 0.326. The number of hydrogen-bond acceptors (Lipinski definition) is 5. The standard InChI is InChI=1S/C31H29BrClN5O4/c1-31(42)18-36(19-31)22-8-10-23(11-9-22)38-27(28(39)34-16-20-5-3-2-4-6-20)26-17-35(13-14-37(26)30(38)41)29(40)21-7-12-24(32)25(33)15-21/h2-12,15,42H,13-14,16-19H2,1H3,(H,34,39). The fourth-order valence-corrected chi connectivity index (χ4v) is 5.98. The summed E-state index contributed by atoms with van der Waals surface area (Å²) in [5, 5.41) is 13.5. The fourth-order valence-electron chi connectivity index (χ4n) is 5.55. The van der Waals surface area contributed by atoms with Crippen LogP contribution in [0.1, 0.15) is 39.0 Å². The smallest absolute Gasteiger partial charge is 0.333 e. The number of nitrogens with zero attached hydrogens (tertiary/aromatic N) is 4. The molecule has 2 N–H and O–H groups in total. The number of aromatic nitrogens is 2. The first kappa shape index (κ1) is 28.3. The number of benzene rings is 3. The lowest BCUT2D eigenvalue weighted by Crippen LogP contribution is -2.60. The van der Waals surface area contributed by atoms with Gasteiger partial charge in [-0.2, -0.15) is 0 Å². The Kier molecular flexibility index (Phi) is 7.46. The van der Waals surface area contributed by atoms with E-state index >= 15 is 0 Å². The third-order valence-electron chi connectivity index (χ3n) is 7.68. The van der Waals surface area contributed by atoms with Crippen molar-refractivity contribution in [3.63, 3.8) is 0 Å². The van der Waals surface area contributed by atoms with Gasteiger partial charge in [0.15, 0.2) is 0 Å². The molecule has 0 aliphatic carbocycles. The Labute approximate surface area is 256 Å². The average molecular weight is 651 g/mol. The maximum atomic E-state index is 13.8. The molecule has 0 radical (unpaired) electrons. The van der Waals surface area contributed by atoms with E-state index in [4.69, 9.17) is 11.6 Å². The molecule has 2 aliphatic rings. The molecule has 1 saturated heterocycles. The highest BCUT2D eigenvalue weighted by Gasteiger charge is 2.37. The number of aliphatic hydroxyl groups is 1. The number of carbonyl (C=O) groups excluding carboxylic acids is 2. The minimum Gasteiger partial charge on any atom is -0.386 e. The number of anilines is 1. The SMILES string of the molecule is CC1(O)CN(c2ccc(-n3c(C(=O)NCc4ccccc4)c4n(c3=O)CCN(C(=O)c3ccc(Br)c(Cl)c3)C4)cc2)C1. The van der Waals surface area contributed by atoms with Crippen molar-refractivity contribution in [3.8, 4) is 5.69 Å². The number of rotatable bonds is 6. The van der Waals surface area contributed by atoms with Gasteiger partial charge in [0.05, 0.1) is 28.5 Å². The maximum Gasteiger partial charge on any atom is 0.333 e. The highest BCUT2D eigenvalue weighted by atomic mass is 79.9. The van der Waals surface area contributed by atoms with Crippen LogP contribution in [0.2, 0.25) is 5.02 Å². The lowest BCUT2D eigenvalue weighted by molar-refractivity contribution is 0.0310. The summed E-state index contributed by atoms with van der Waals surface area (Å²) in [6.45, 7) is 3.76. The van der Waals surface area contributed by atoms with Crippen molar-refractivity contribution in [1.29, 1.82) is 0 Å². The summed E-state index contributed by atoms with van der Waals surface area (Å²) in [4.78, 5) is 44.7. The second-order valence-corrected chi connectivity index (χ2v) is 12.2. The van der Waals surface area contributed by atoms with Crippen LogP contribution in [0.3, 0.4) is 0 Å². The molecule has 6 rings (SSSR count). The Bertz CT molecular complexity index is 1720. The van der Waals surface area contributed by atoms with Crippen molar-refractivity contribution >= 4 is 45.0 Å². The van der Waals surface area contributed by atoms with Crippen LogP contribution in [0, 0.1) is 0 Å². The predicted molar refractivity (Wildman–Crippen MR) is 164 cm³/mol. The fraction of sp³-hybridized carbons (Fsp3) is 0.258. The van der Waals surface area contributed by atoms with E-state index in [2.05, 4.69) is 21.2 Å². The van der Waals surface area contributed by atoms with E-state index in [9.17, 15) is 19.5 Å². The first-order chi connectivity index (χ1) is 20.1. The van der Waals surface area contributed by atoms with Gasteiger partial charge < -0.3 is 20.2 Å². The first-order valence-electron chi connectivity index (χ1n) is 13.6. The molecular weight excluding hydrogens is 622 g/mol. The summed E-state index contributed by atoms with van der Waals surface area (Å²) >= 11 is 9.60. The molecule has 9 nitrogen and oxygen atoms in total. The molecule has 42 heavy (non-hydrogen) atoms. The number of nitrogens with one attached hydrogen (secondary N) is 1. The van der Waals surface area contributed by atoms with Gasteiger partial charge in [0.1, 0.15) is 5.69 Å². The summed E-state index contributed by atoms with van der Waals surface area (Å²) in [7, 11) is 0. The summed E-state index contributed by atoms with van der Waals surface area (Å²) < 4.78 is 3.69. The largest absolute Gasteiger partial charge is 0.386 e. The van der Waals surface area contributed by atoms with E-state index in [0.717, 1.165) is 11.3 Å². The van der Waals surface area contributed by atoms with Crippen molar-refractivity contribution in [1.82, 2.24) is 19.4 Å². The molecule has 3 heterocycles. The van der Waals surface area contributed by atoms with Crippen LogP contribution in [-0.4, -0.2) is 56.2 Å². The second-order valence-electron chi connectivity index (χ2n) is 11.0. The summed E-state index contributed by atoms with van der Waals surface area (Å²) in [5.41, 5.74) is 2.42. The van der Waals surface area contributed by atoms with Crippen LogP contribution in [0.5, 0.6) is 0 Å². The summed E-state index contributed by atoms with van der Waals surface area (Å²) in [6.07, 6.45) is 0. The van der Waals surface area contributed by atoms with Crippen molar-refractivity contribution in [2.45, 2.75) is 32.2 Å². The van der Waals surface area contributed by atoms with E-state index in [1.54, 1.807) is 46.7 Å². The molecule has 0 unspecified atom stereocenters. The van der Waals surface area contributed by atoms with Crippen LogP contribution in [0.4, 0.5) is 5.69 Å². The van der Waals surface area contributed by atoms with Crippen LogP contribution >= 0.6 is 27.5 Å². The van der Waals surface area contributed by atoms with Crippen molar-refractivity contribution < 1.29 is 14.7 Å². The van der Waals surface area contributed by atoms with Crippen molar-refractivity contribution in [2.75, 3.05) is 24.5 Å². The maximum absolute atomic E-state index is 13.8. The number of hydrogen-bond donors (Lipinski definition) is 2. The minimum atomic E-state index is -0.716. The molecule has 4 aromatic rings. The van der Waals surface area contributed by atoms with Gasteiger partial charge in [0.2, 0.25) is 0 Å². The molecule has 0 saturated carbocycles. The normalized spacial score (nSPS) is 15.6. The van der Waals surface area contributed by atoms with Crippen LogP contribution in [0.15, 0.2) is 82.1 Å². The Hall–Kier alpha value is -3.86. The summed E-state index contributed by atoms with van der Waals surface area (Å²) in [5.74, 6) is -0.644. The van der Waals surface area contributed by atoms with Gasteiger partial charge in [-0.1, -0.05) is 41.9 Å². The molecule has 1 aromatic heterocycles. The van der Waals surface area contributed by atoms with Crippen molar-refractivity contribution in [3.05, 3.63) is 115 Å². The lowest BCUT2D eigenvalue weighted by atomic mass is 9.96. The van der Waals surface area contributed by atoms with Gasteiger partial charge in [-0.3, -0.25) is 18.7 Å². The number of β-amino-alcohol motifs (C(OH)–C–C–N with tert-alkyl or cyclic N) is 1. The second kappa shape index (κ2) is 11.1. The number of amides is 2. The molecule has 2 amide bonds. The molecule has 1 fully saturated rings. The van der Waals surface area contributed by atoms with Gasteiger partial charge >= 0.3 is 5.69 Å². The molecule has 2 aliphatic heterocycles. The molecular formula is C31H29BrClN5O4. The van der Waals surface area contributed by atoms with Crippen LogP contribution in [-0.2, 0) is 19.6 Å². The van der Waals surface area contributed by atoms with Crippen LogP contribution in [0.25, 0.3) is 5.69 Å². The zero-order valence-corrected chi connectivity index (χ0v) is 25.2. The molecule has 216 valence electrons. The number of carbonyl (C=O) groups is 2. The van der Waals surface area contributed by atoms with Gasteiger partial charge in [-0.05, 0) is 70.9 Å². The van der Waals surface area contributed by atoms with E-state index in [-0.39, 0.29) is 36.9 Å². The Morgan fingerprint density at radius 2 is 1.69 bits per heavy atom. The van der Waals surface area contributed by atoms with E-state index in [1.165, 1.54) is 4.57 Å². The Balaban J connectivity index is 1.35. The van der Waals surface area contributed by atoms with E-state index in [1.807, 2.05) is 47.4 Å². The van der Waals surface area contributed by atoms with Gasteiger partial charge in [0.25, 0.3) is 11.8 Å². The molecule has 0 bridgehead atoms. The Morgan fingerprint density at radius 3 is 2.36 bits per heavy atom. The van der Waals surface area contributed by atoms with Gasteiger partial charge in [-0.25, -0.2) is 4.79 Å². The van der Waals surface area contributed by atoms with Gasteiger partial charge in [0, 0.05) is 48.4 Å². The number of halogens is 2. The highest BCUT2D eigenvalue weighted by Crippen LogP contribution is 2.29. The highest BCUT2D eigenvalue weighted by molar-refractivity contribution is 9.10. The minimum absolute atomic E-state index is 0.0871. The molecule has 0 atom stereocenters. The third kappa shape index (κ3) is 5.37. The molecule has 0 spiro atoms. The zero-order valence-electron chi connectivity index (χ0n) is 22.9. The molecule has 11 heteroatoms.